The van der Waals surface area contributed by atoms with Crippen molar-refractivity contribution in [3.05, 3.63) is 29.8 Å². The smallest absolute Gasteiger partial charge is 0.326 e. The second kappa shape index (κ2) is 46.4. The van der Waals surface area contributed by atoms with Crippen molar-refractivity contribution in [3.63, 3.8) is 0 Å². The van der Waals surface area contributed by atoms with Crippen molar-refractivity contribution in [3.8, 4) is 5.75 Å². The minimum absolute atomic E-state index is 0.0382. The first kappa shape index (κ1) is 69.7. The van der Waals surface area contributed by atoms with Crippen molar-refractivity contribution in [2.45, 2.75) is 159 Å². The molecule has 0 bridgehead atoms. The van der Waals surface area contributed by atoms with E-state index in [4.69, 9.17) is 24.1 Å². The molecule has 1 saturated heterocycles. The Balaban J connectivity index is 1.43. The van der Waals surface area contributed by atoms with E-state index in [1.165, 1.54) is 79.4 Å². The first-order valence-corrected chi connectivity index (χ1v) is 30.3. The lowest BCUT2D eigenvalue weighted by Gasteiger charge is -2.21. The summed E-state index contributed by atoms with van der Waals surface area (Å²) in [5.74, 6) is -3.57. The number of benzene rings is 1. The number of phenolic OH excluding ortho intramolecular Hbond substituents is 1. The van der Waals surface area contributed by atoms with Crippen molar-refractivity contribution < 1.29 is 77.7 Å². The van der Waals surface area contributed by atoms with E-state index in [9.17, 15) is 53.7 Å². The molecule has 0 radical (unpaired) electrons. The van der Waals surface area contributed by atoms with E-state index in [-0.39, 0.29) is 140 Å². The number of aliphatic carboxylic acids is 3. The maximum atomic E-state index is 13.4. The molecule has 22 nitrogen and oxygen atoms in total. The maximum absolute atomic E-state index is 13.4. The molecule has 1 aromatic carbocycles. The van der Waals surface area contributed by atoms with Crippen LogP contribution in [0.5, 0.6) is 5.75 Å². The fourth-order valence-electron chi connectivity index (χ4n) is 8.09. The largest absolute Gasteiger partial charge is 0.508 e. The summed E-state index contributed by atoms with van der Waals surface area (Å²) in [5, 5.41) is 54.3. The lowest BCUT2D eigenvalue weighted by atomic mass is 10.0. The van der Waals surface area contributed by atoms with Crippen molar-refractivity contribution >= 4 is 68.8 Å². The standard InChI is InChI=1S/C54H90N6O16S2/c61-42-21-19-41(20-22-42)35-44(47(62)36-58-45-39-77-78-40-46(54(71)72)59-37-48(45)63)55-25-28-73-31-32-74-30-27-57-51(66)38-76-34-33-75-29-26-56-49(64)24-23-43(53(69)70)60-50(65)17-15-13-11-9-7-5-3-1-2-4-6-8-10-12-14-16-18-52(67)68/h19-22,43-46,55,58-59,61H,1-18,23-40H2,(H,56,64)(H,57,66)(H,60,65)(H,67,68)(H,69,70)(H,71,72)/t43-,44-,45-,46-/m0/s1. The number of amides is 3. The van der Waals surface area contributed by atoms with Crippen LogP contribution in [0.3, 0.4) is 0 Å². The first-order chi connectivity index (χ1) is 37.7. The number of rotatable bonds is 49. The summed E-state index contributed by atoms with van der Waals surface area (Å²) in [6, 6.07) is 3.29. The molecular formula is C54H90N6O16S2. The second-order valence-corrected chi connectivity index (χ2v) is 21.8. The highest BCUT2D eigenvalue weighted by Crippen LogP contribution is 2.24. The van der Waals surface area contributed by atoms with Crippen LogP contribution in [-0.2, 0) is 63.7 Å². The number of ether oxygens (including phenoxy) is 4. The van der Waals surface area contributed by atoms with Gasteiger partial charge in [0.1, 0.15) is 24.4 Å². The summed E-state index contributed by atoms with van der Waals surface area (Å²) in [6.45, 7) is 1.97. The molecule has 0 saturated carbocycles. The lowest BCUT2D eigenvalue weighted by Crippen LogP contribution is -2.50. The van der Waals surface area contributed by atoms with E-state index >= 15 is 0 Å². The molecule has 24 heteroatoms. The van der Waals surface area contributed by atoms with Gasteiger partial charge in [-0.05, 0) is 43.4 Å². The second-order valence-electron chi connectivity index (χ2n) is 19.2. The highest BCUT2D eigenvalue weighted by Gasteiger charge is 2.27. The Morgan fingerprint density at radius 3 is 1.65 bits per heavy atom. The number of hydrogen-bond acceptors (Lipinski definition) is 18. The topological polar surface area (TPSA) is 327 Å². The Bertz CT molecular complexity index is 1850. The quantitative estimate of drug-likeness (QED) is 0.0323. The number of unbranched alkanes of at least 4 members (excludes halogenated alkanes) is 15. The van der Waals surface area contributed by atoms with Crippen LogP contribution in [0.4, 0.5) is 0 Å². The molecule has 0 aliphatic carbocycles. The fourth-order valence-corrected chi connectivity index (χ4v) is 10.5. The summed E-state index contributed by atoms with van der Waals surface area (Å²) in [5.41, 5.74) is 0.823. The van der Waals surface area contributed by atoms with Crippen LogP contribution >= 0.6 is 21.6 Å². The number of nitrogens with one attached hydrogen (secondary N) is 6. The van der Waals surface area contributed by atoms with Gasteiger partial charge in [-0.15, -0.1) is 0 Å². The van der Waals surface area contributed by atoms with Crippen molar-refractivity contribution in [2.24, 2.45) is 0 Å². The summed E-state index contributed by atoms with van der Waals surface area (Å²) >= 11 is 0. The normalized spacial score (nSPS) is 15.6. The van der Waals surface area contributed by atoms with Crippen LogP contribution in [0.2, 0.25) is 0 Å². The van der Waals surface area contributed by atoms with E-state index in [1.54, 1.807) is 24.3 Å². The zero-order chi connectivity index (χ0) is 56.9. The SMILES string of the molecule is O=C(O)CCCCCCCCCCCCCCCCCCC(=O)N[C@@H](CCC(=O)NCCOCCOCC(=O)NCCOCCOCCN[C@@H](Cc1ccc(O)cc1)C(=O)CN[C@H]1CSSC[C@@H](C(=O)O)NCC1=O)C(=O)O. The van der Waals surface area contributed by atoms with Gasteiger partial charge in [0, 0.05) is 50.4 Å². The minimum atomic E-state index is -1.19. The molecule has 0 unspecified atom stereocenters. The molecule has 4 atom stereocenters. The number of carbonyl (C=O) groups is 8. The van der Waals surface area contributed by atoms with Crippen molar-refractivity contribution in [1.82, 2.24) is 31.9 Å². The predicted octanol–water partition coefficient (Wildman–Crippen LogP) is 4.18. The number of aromatic hydroxyl groups is 1. The molecule has 78 heavy (non-hydrogen) atoms. The number of Topliss-reactive ketones (excluding diaryl/α,β-unsaturated/α-hetero) is 2. The number of carbonyl (C=O) groups excluding carboxylic acids is 5. The van der Waals surface area contributed by atoms with Crippen LogP contribution in [0.15, 0.2) is 24.3 Å². The van der Waals surface area contributed by atoms with Crippen LogP contribution in [0.1, 0.15) is 134 Å². The van der Waals surface area contributed by atoms with E-state index in [1.807, 2.05) is 0 Å². The molecule has 10 N–H and O–H groups in total. The van der Waals surface area contributed by atoms with Gasteiger partial charge in [0.2, 0.25) is 17.7 Å². The van der Waals surface area contributed by atoms with Crippen LogP contribution in [-0.4, -0.2) is 189 Å². The van der Waals surface area contributed by atoms with Crippen LogP contribution in [0.25, 0.3) is 0 Å². The first-order valence-electron chi connectivity index (χ1n) is 27.8. The minimum Gasteiger partial charge on any atom is -0.508 e. The van der Waals surface area contributed by atoms with Crippen LogP contribution < -0.4 is 31.9 Å². The molecule has 1 aliphatic heterocycles. The van der Waals surface area contributed by atoms with Gasteiger partial charge in [-0.3, -0.25) is 44.2 Å². The average Bonchev–Trinajstić information content (AvgIpc) is 3.50. The summed E-state index contributed by atoms with van der Waals surface area (Å²) in [6.07, 6.45) is 18.4. The number of hydrogen-bond donors (Lipinski definition) is 10. The summed E-state index contributed by atoms with van der Waals surface area (Å²) in [7, 11) is 2.73. The van der Waals surface area contributed by atoms with Gasteiger partial charge in [-0.25, -0.2) is 4.79 Å². The summed E-state index contributed by atoms with van der Waals surface area (Å²) in [4.78, 5) is 96.8. The van der Waals surface area contributed by atoms with E-state index < -0.39 is 42.1 Å². The van der Waals surface area contributed by atoms with Gasteiger partial charge < -0.3 is 60.6 Å². The maximum Gasteiger partial charge on any atom is 0.326 e. The van der Waals surface area contributed by atoms with Gasteiger partial charge in [0.25, 0.3) is 0 Å². The number of phenols is 1. The highest BCUT2D eigenvalue weighted by atomic mass is 33.1. The molecule has 3 amide bonds. The molecule has 1 fully saturated rings. The third-order valence-electron chi connectivity index (χ3n) is 12.6. The molecule has 1 heterocycles. The zero-order valence-corrected chi connectivity index (χ0v) is 47.2. The van der Waals surface area contributed by atoms with Crippen molar-refractivity contribution in [1.29, 1.82) is 0 Å². The Hall–Kier alpha value is -4.40. The molecule has 0 spiro atoms. The van der Waals surface area contributed by atoms with E-state index in [0.29, 0.717) is 30.9 Å². The summed E-state index contributed by atoms with van der Waals surface area (Å²) < 4.78 is 22.0. The highest BCUT2D eigenvalue weighted by molar-refractivity contribution is 8.76. The number of carboxylic acids is 3. The molecule has 1 aliphatic rings. The molecule has 444 valence electrons. The fraction of sp³-hybridized carbons (Fsp3) is 0.741. The predicted molar refractivity (Wildman–Crippen MR) is 299 cm³/mol. The average molecular weight is 1140 g/mol. The van der Waals surface area contributed by atoms with E-state index in [0.717, 1.165) is 44.1 Å². The van der Waals surface area contributed by atoms with Gasteiger partial charge in [-0.1, -0.05) is 124 Å². The van der Waals surface area contributed by atoms with Gasteiger partial charge in [0.05, 0.1) is 71.4 Å². The molecule has 1 aromatic rings. The lowest BCUT2D eigenvalue weighted by molar-refractivity contribution is -0.142. The molecular weight excluding hydrogens is 1050 g/mol. The van der Waals surface area contributed by atoms with Gasteiger partial charge in [-0.2, -0.15) is 0 Å². The van der Waals surface area contributed by atoms with Gasteiger partial charge >= 0.3 is 17.9 Å². The number of ketones is 2. The third-order valence-corrected chi connectivity index (χ3v) is 15.1. The molecule has 2 rings (SSSR count). The van der Waals surface area contributed by atoms with E-state index in [2.05, 4.69) is 31.9 Å². The zero-order valence-electron chi connectivity index (χ0n) is 45.6. The Labute approximate surface area is 468 Å². The number of carboxylic acid groups (broad SMARTS) is 3. The van der Waals surface area contributed by atoms with Gasteiger partial charge in [0.15, 0.2) is 11.6 Å². The monoisotopic (exact) mass is 1140 g/mol. The molecule has 0 aromatic heterocycles. The third kappa shape index (κ3) is 38.2. The Morgan fingerprint density at radius 2 is 1.10 bits per heavy atom. The Morgan fingerprint density at radius 1 is 0.590 bits per heavy atom. The Kier molecular flexibility index (Phi) is 41.4. The van der Waals surface area contributed by atoms with Crippen molar-refractivity contribution in [2.75, 3.05) is 97.1 Å². The van der Waals surface area contributed by atoms with Crippen LogP contribution in [0, 0.1) is 0 Å².